The van der Waals surface area contributed by atoms with Crippen LogP contribution in [0, 0.1) is 6.92 Å². The number of nitrogens with two attached hydrogens (primary N) is 1. The zero-order valence-corrected chi connectivity index (χ0v) is 13.6. The first-order valence-corrected chi connectivity index (χ1v) is 8.22. The molecule has 2 heterocycles. The Morgan fingerprint density at radius 3 is 2.74 bits per heavy atom. The van der Waals surface area contributed by atoms with E-state index in [9.17, 15) is 9.59 Å². The average molecular weight is 327 g/mol. The molecule has 0 saturated carbocycles. The molecule has 3 aromatic rings. The second kappa shape index (κ2) is 6.34. The molecule has 0 aliphatic heterocycles. The second-order valence-corrected chi connectivity index (χ2v) is 6.41. The number of benzene rings is 1. The van der Waals surface area contributed by atoms with Crippen molar-refractivity contribution in [1.29, 1.82) is 0 Å². The van der Waals surface area contributed by atoms with E-state index < -0.39 is 0 Å². The molecule has 3 rings (SSSR count). The van der Waals surface area contributed by atoms with E-state index in [1.807, 2.05) is 43.3 Å². The van der Waals surface area contributed by atoms with Gasteiger partial charge in [0.25, 0.3) is 5.56 Å². The van der Waals surface area contributed by atoms with Crippen LogP contribution in [0.5, 0.6) is 0 Å². The molecular weight excluding hydrogens is 310 g/mol. The van der Waals surface area contributed by atoms with Crippen LogP contribution in [0.2, 0.25) is 0 Å². The van der Waals surface area contributed by atoms with E-state index in [0.29, 0.717) is 24.2 Å². The zero-order chi connectivity index (χ0) is 16.4. The van der Waals surface area contributed by atoms with Gasteiger partial charge in [0.2, 0.25) is 5.91 Å². The number of rotatable bonds is 5. The molecule has 2 aromatic heterocycles. The van der Waals surface area contributed by atoms with Gasteiger partial charge in [0.1, 0.15) is 10.7 Å². The Bertz CT molecular complexity index is 913. The Kier molecular flexibility index (Phi) is 4.25. The molecule has 0 unspecified atom stereocenters. The number of nitrogens with zero attached hydrogens (tertiary/aromatic N) is 2. The molecular formula is C17H17N3O2S. The normalized spacial score (nSPS) is 11.0. The predicted molar refractivity (Wildman–Crippen MR) is 92.5 cm³/mol. The van der Waals surface area contributed by atoms with Crippen LogP contribution in [-0.4, -0.2) is 15.5 Å². The molecule has 5 nitrogen and oxygen atoms in total. The molecule has 1 amide bonds. The molecule has 0 aliphatic rings. The number of thiophene rings is 1. The van der Waals surface area contributed by atoms with E-state index in [-0.39, 0.29) is 17.9 Å². The van der Waals surface area contributed by atoms with Gasteiger partial charge < -0.3 is 5.73 Å². The summed E-state index contributed by atoms with van der Waals surface area (Å²) in [4.78, 5) is 29.9. The maximum absolute atomic E-state index is 12.7. The van der Waals surface area contributed by atoms with E-state index in [1.165, 1.54) is 11.3 Å². The number of aryl methyl sites for hydroxylation is 1. The fourth-order valence-corrected chi connectivity index (χ4v) is 3.61. The number of primary amides is 1. The lowest BCUT2D eigenvalue weighted by Crippen LogP contribution is -2.24. The molecule has 6 heteroatoms. The largest absolute Gasteiger partial charge is 0.370 e. The van der Waals surface area contributed by atoms with Crippen molar-refractivity contribution in [3.05, 3.63) is 52.6 Å². The summed E-state index contributed by atoms with van der Waals surface area (Å²) < 4.78 is 1.62. The quantitative estimate of drug-likeness (QED) is 0.782. The number of carbonyl (C=O) groups is 1. The first-order chi connectivity index (χ1) is 11.1. The standard InChI is InChI=1S/C17H17N3O2S/c1-11-19-16-13(17(22)20(11)9-5-8-15(18)21)10-14(23-16)12-6-3-2-4-7-12/h2-4,6-7,10H,5,8-9H2,1H3,(H2,18,21). The number of amides is 1. The number of aromatic nitrogens is 2. The van der Waals surface area contributed by atoms with Crippen LogP contribution < -0.4 is 11.3 Å². The van der Waals surface area contributed by atoms with Gasteiger partial charge in [0.05, 0.1) is 5.39 Å². The molecule has 0 saturated heterocycles. The van der Waals surface area contributed by atoms with Crippen molar-refractivity contribution >= 4 is 27.5 Å². The molecule has 1 aromatic carbocycles. The average Bonchev–Trinajstić information content (AvgIpc) is 2.95. The van der Waals surface area contributed by atoms with Crippen molar-refractivity contribution in [3.8, 4) is 10.4 Å². The van der Waals surface area contributed by atoms with Crippen LogP contribution in [0.15, 0.2) is 41.2 Å². The lowest BCUT2D eigenvalue weighted by Gasteiger charge is -2.08. The van der Waals surface area contributed by atoms with E-state index in [1.54, 1.807) is 4.57 Å². The minimum absolute atomic E-state index is 0.0598. The fourth-order valence-electron chi connectivity index (χ4n) is 2.54. The molecule has 0 radical (unpaired) electrons. The van der Waals surface area contributed by atoms with Gasteiger partial charge in [-0.2, -0.15) is 0 Å². The Morgan fingerprint density at radius 1 is 1.30 bits per heavy atom. The van der Waals surface area contributed by atoms with Gasteiger partial charge in [-0.1, -0.05) is 30.3 Å². The molecule has 0 atom stereocenters. The van der Waals surface area contributed by atoms with Crippen LogP contribution in [0.4, 0.5) is 0 Å². The van der Waals surface area contributed by atoms with Crippen molar-refractivity contribution in [1.82, 2.24) is 9.55 Å². The fraction of sp³-hybridized carbons (Fsp3) is 0.235. The SMILES string of the molecule is Cc1nc2sc(-c3ccccc3)cc2c(=O)n1CCCC(N)=O. The smallest absolute Gasteiger partial charge is 0.262 e. The Labute approximate surface area is 137 Å². The monoisotopic (exact) mass is 327 g/mol. The lowest BCUT2D eigenvalue weighted by atomic mass is 10.2. The summed E-state index contributed by atoms with van der Waals surface area (Å²) in [5.41, 5.74) is 6.17. The Hall–Kier alpha value is -2.47. The van der Waals surface area contributed by atoms with Gasteiger partial charge >= 0.3 is 0 Å². The number of carbonyl (C=O) groups excluding carboxylic acids is 1. The molecule has 0 fully saturated rings. The second-order valence-electron chi connectivity index (χ2n) is 5.38. The number of hydrogen-bond donors (Lipinski definition) is 1. The third kappa shape index (κ3) is 3.17. The van der Waals surface area contributed by atoms with Crippen molar-refractivity contribution < 1.29 is 4.79 Å². The highest BCUT2D eigenvalue weighted by Crippen LogP contribution is 2.30. The highest BCUT2D eigenvalue weighted by atomic mass is 32.1. The van der Waals surface area contributed by atoms with Crippen LogP contribution in [0.1, 0.15) is 18.7 Å². The van der Waals surface area contributed by atoms with Crippen LogP contribution in [0.25, 0.3) is 20.7 Å². The molecule has 0 spiro atoms. The van der Waals surface area contributed by atoms with Gasteiger partial charge in [-0.3, -0.25) is 14.2 Å². The maximum Gasteiger partial charge on any atom is 0.262 e. The first-order valence-electron chi connectivity index (χ1n) is 7.41. The molecule has 23 heavy (non-hydrogen) atoms. The van der Waals surface area contributed by atoms with Crippen LogP contribution in [-0.2, 0) is 11.3 Å². The van der Waals surface area contributed by atoms with Crippen LogP contribution in [0.3, 0.4) is 0 Å². The number of fused-ring (bicyclic) bond motifs is 1. The third-order valence-electron chi connectivity index (χ3n) is 3.71. The summed E-state index contributed by atoms with van der Waals surface area (Å²) in [6.07, 6.45) is 0.807. The topological polar surface area (TPSA) is 78.0 Å². The summed E-state index contributed by atoms with van der Waals surface area (Å²) in [6, 6.07) is 11.8. The molecule has 118 valence electrons. The Morgan fingerprint density at radius 2 is 2.04 bits per heavy atom. The molecule has 0 aliphatic carbocycles. The highest BCUT2D eigenvalue weighted by molar-refractivity contribution is 7.21. The van der Waals surface area contributed by atoms with E-state index in [4.69, 9.17) is 5.73 Å². The van der Waals surface area contributed by atoms with Crippen LogP contribution >= 0.6 is 11.3 Å². The maximum atomic E-state index is 12.7. The summed E-state index contributed by atoms with van der Waals surface area (Å²) in [5.74, 6) is 0.306. The minimum atomic E-state index is -0.355. The van der Waals surface area contributed by atoms with Crippen molar-refractivity contribution in [2.24, 2.45) is 5.73 Å². The third-order valence-corrected chi connectivity index (χ3v) is 4.78. The summed E-state index contributed by atoms with van der Waals surface area (Å²) in [6.45, 7) is 2.26. The minimum Gasteiger partial charge on any atom is -0.370 e. The van der Waals surface area contributed by atoms with E-state index >= 15 is 0 Å². The molecule has 0 bridgehead atoms. The van der Waals surface area contributed by atoms with Gasteiger partial charge in [-0.05, 0) is 25.0 Å². The van der Waals surface area contributed by atoms with Crippen molar-refractivity contribution in [3.63, 3.8) is 0 Å². The first kappa shape index (κ1) is 15.4. The lowest BCUT2D eigenvalue weighted by molar-refractivity contribution is -0.118. The zero-order valence-electron chi connectivity index (χ0n) is 12.8. The van der Waals surface area contributed by atoms with E-state index in [2.05, 4.69) is 4.98 Å². The van der Waals surface area contributed by atoms with E-state index in [0.717, 1.165) is 15.3 Å². The summed E-state index contributed by atoms with van der Waals surface area (Å²) >= 11 is 1.52. The predicted octanol–water partition coefficient (Wildman–Crippen LogP) is 2.70. The van der Waals surface area contributed by atoms with Gasteiger partial charge in [-0.25, -0.2) is 4.98 Å². The van der Waals surface area contributed by atoms with Crippen molar-refractivity contribution in [2.45, 2.75) is 26.3 Å². The number of hydrogen-bond acceptors (Lipinski definition) is 4. The molecule has 2 N–H and O–H groups in total. The van der Waals surface area contributed by atoms with Gasteiger partial charge in [0, 0.05) is 17.8 Å². The Balaban J connectivity index is 2.01. The van der Waals surface area contributed by atoms with Gasteiger partial charge in [0.15, 0.2) is 0 Å². The van der Waals surface area contributed by atoms with Crippen molar-refractivity contribution in [2.75, 3.05) is 0 Å². The summed E-state index contributed by atoms with van der Waals surface area (Å²) in [7, 11) is 0. The van der Waals surface area contributed by atoms with Gasteiger partial charge in [-0.15, -0.1) is 11.3 Å². The highest BCUT2D eigenvalue weighted by Gasteiger charge is 2.12. The summed E-state index contributed by atoms with van der Waals surface area (Å²) in [5, 5.41) is 0.624.